The molecular weight excluding hydrogens is 236 g/mol. The van der Waals surface area contributed by atoms with Gasteiger partial charge < -0.3 is 4.74 Å². The van der Waals surface area contributed by atoms with E-state index in [-0.39, 0.29) is 5.97 Å². The van der Waals surface area contributed by atoms with E-state index in [0.29, 0.717) is 6.42 Å². The lowest BCUT2D eigenvalue weighted by Gasteiger charge is -1.99. The Balaban J connectivity index is 3.15. The van der Waals surface area contributed by atoms with E-state index in [0.717, 1.165) is 19.3 Å². The zero-order valence-electron chi connectivity index (χ0n) is 12.8. The van der Waals surface area contributed by atoms with Gasteiger partial charge in [-0.05, 0) is 12.8 Å². The summed E-state index contributed by atoms with van der Waals surface area (Å²) in [6, 6.07) is 0. The van der Waals surface area contributed by atoms with Crippen LogP contribution in [-0.4, -0.2) is 13.1 Å². The van der Waals surface area contributed by atoms with Crippen molar-refractivity contribution >= 4 is 5.97 Å². The second-order valence-electron chi connectivity index (χ2n) is 5.01. The Morgan fingerprint density at radius 3 is 1.95 bits per heavy atom. The lowest BCUT2D eigenvalue weighted by molar-refractivity contribution is -0.140. The summed E-state index contributed by atoms with van der Waals surface area (Å²) in [5.41, 5.74) is 0. The third-order valence-electron chi connectivity index (χ3n) is 3.19. The summed E-state index contributed by atoms with van der Waals surface area (Å²) < 4.78 is 4.57. The third kappa shape index (κ3) is 15.0. The molecule has 0 aromatic carbocycles. The van der Waals surface area contributed by atoms with E-state index in [4.69, 9.17) is 0 Å². The zero-order valence-corrected chi connectivity index (χ0v) is 12.8. The number of hydrogen-bond donors (Lipinski definition) is 0. The minimum absolute atomic E-state index is 0.134. The van der Waals surface area contributed by atoms with E-state index < -0.39 is 0 Å². The van der Waals surface area contributed by atoms with Crippen molar-refractivity contribution in [2.45, 2.75) is 84.0 Å². The number of rotatable bonds is 11. The number of hydrogen-bond acceptors (Lipinski definition) is 2. The average molecular weight is 266 g/mol. The molecule has 0 aromatic rings. The van der Waals surface area contributed by atoms with Gasteiger partial charge in [-0.25, -0.2) is 0 Å². The molecule has 0 saturated heterocycles. The quantitative estimate of drug-likeness (QED) is 0.303. The zero-order chi connectivity index (χ0) is 14.2. The van der Waals surface area contributed by atoms with Crippen LogP contribution in [0.3, 0.4) is 0 Å². The van der Waals surface area contributed by atoms with Gasteiger partial charge >= 0.3 is 5.97 Å². The van der Waals surface area contributed by atoms with Crippen LogP contribution in [0, 0.1) is 11.8 Å². The molecule has 2 heteroatoms. The van der Waals surface area contributed by atoms with Crippen molar-refractivity contribution in [3.63, 3.8) is 0 Å². The van der Waals surface area contributed by atoms with E-state index in [1.165, 1.54) is 58.5 Å². The van der Waals surface area contributed by atoms with Gasteiger partial charge in [0.1, 0.15) is 0 Å². The summed E-state index contributed by atoms with van der Waals surface area (Å²) in [6.07, 6.45) is 13.9. The van der Waals surface area contributed by atoms with Crippen molar-refractivity contribution in [3.8, 4) is 11.8 Å². The molecule has 0 N–H and O–H groups in total. The predicted octanol–water partition coefficient (Wildman–Crippen LogP) is 4.86. The monoisotopic (exact) mass is 266 g/mol. The molecule has 0 heterocycles. The fourth-order valence-corrected chi connectivity index (χ4v) is 1.95. The van der Waals surface area contributed by atoms with Crippen LogP contribution in [-0.2, 0) is 9.53 Å². The molecule has 0 atom stereocenters. The topological polar surface area (TPSA) is 26.3 Å². The molecule has 0 rings (SSSR count). The van der Waals surface area contributed by atoms with Gasteiger partial charge in [0.2, 0.25) is 0 Å². The number of methoxy groups -OCH3 is 1. The predicted molar refractivity (Wildman–Crippen MR) is 80.9 cm³/mol. The van der Waals surface area contributed by atoms with Crippen LogP contribution in [0.2, 0.25) is 0 Å². The summed E-state index contributed by atoms with van der Waals surface area (Å²) in [4.78, 5) is 10.8. The first-order valence-corrected chi connectivity index (χ1v) is 7.83. The molecule has 0 aromatic heterocycles. The first kappa shape index (κ1) is 18.0. The highest BCUT2D eigenvalue weighted by Gasteiger charge is 1.96. The lowest BCUT2D eigenvalue weighted by atomic mass is 10.1. The minimum atomic E-state index is -0.134. The van der Waals surface area contributed by atoms with Crippen LogP contribution in [0.25, 0.3) is 0 Å². The Bertz CT molecular complexity index is 260. The fraction of sp³-hybridized carbons (Fsp3) is 0.824. The number of ether oxygens (including phenoxy) is 1. The van der Waals surface area contributed by atoms with Gasteiger partial charge in [0, 0.05) is 19.3 Å². The molecular formula is C17H30O2. The molecule has 0 amide bonds. The van der Waals surface area contributed by atoms with Crippen LogP contribution in [0.1, 0.15) is 84.0 Å². The van der Waals surface area contributed by atoms with Crippen LogP contribution in [0.15, 0.2) is 0 Å². The van der Waals surface area contributed by atoms with Gasteiger partial charge in [0.25, 0.3) is 0 Å². The normalized spacial score (nSPS) is 9.79. The SMILES string of the molecule is CCCCCCCCCCC#CCCCC(=O)OC. The molecule has 19 heavy (non-hydrogen) atoms. The Labute approximate surface area is 119 Å². The Kier molecular flexibility index (Phi) is 14.3. The molecule has 0 bridgehead atoms. The van der Waals surface area contributed by atoms with Gasteiger partial charge in [-0.1, -0.05) is 51.9 Å². The summed E-state index contributed by atoms with van der Waals surface area (Å²) in [7, 11) is 1.43. The van der Waals surface area contributed by atoms with Gasteiger partial charge in [-0.3, -0.25) is 4.79 Å². The highest BCUT2D eigenvalue weighted by atomic mass is 16.5. The smallest absolute Gasteiger partial charge is 0.305 e. The van der Waals surface area contributed by atoms with Crippen molar-refractivity contribution in [2.24, 2.45) is 0 Å². The second-order valence-corrected chi connectivity index (χ2v) is 5.01. The van der Waals surface area contributed by atoms with E-state index >= 15 is 0 Å². The molecule has 0 unspecified atom stereocenters. The van der Waals surface area contributed by atoms with Gasteiger partial charge in [-0.15, -0.1) is 11.8 Å². The number of esters is 1. The summed E-state index contributed by atoms with van der Waals surface area (Å²) >= 11 is 0. The van der Waals surface area contributed by atoms with E-state index in [9.17, 15) is 4.79 Å². The van der Waals surface area contributed by atoms with Crippen molar-refractivity contribution in [1.82, 2.24) is 0 Å². The largest absolute Gasteiger partial charge is 0.469 e. The Morgan fingerprint density at radius 1 is 0.842 bits per heavy atom. The standard InChI is InChI=1S/C17H30O2/c1-3-4-5-6-7-8-9-10-11-12-13-14-15-16-17(18)19-2/h3-11,14-16H2,1-2H3. The molecule has 0 aliphatic carbocycles. The summed E-state index contributed by atoms with van der Waals surface area (Å²) in [6.45, 7) is 2.25. The van der Waals surface area contributed by atoms with Crippen molar-refractivity contribution in [3.05, 3.63) is 0 Å². The van der Waals surface area contributed by atoms with Gasteiger partial charge in [0.15, 0.2) is 0 Å². The molecule has 110 valence electrons. The molecule has 2 nitrogen and oxygen atoms in total. The molecule has 0 fully saturated rings. The number of carbonyl (C=O) groups is 1. The fourth-order valence-electron chi connectivity index (χ4n) is 1.95. The number of unbranched alkanes of at least 4 members (excludes halogenated alkanes) is 9. The second kappa shape index (κ2) is 15.1. The first-order chi connectivity index (χ1) is 9.31. The third-order valence-corrected chi connectivity index (χ3v) is 3.19. The number of carbonyl (C=O) groups excluding carboxylic acids is 1. The Hall–Kier alpha value is -0.970. The summed E-state index contributed by atoms with van der Waals surface area (Å²) in [5.74, 6) is 6.18. The maximum atomic E-state index is 10.8. The van der Waals surface area contributed by atoms with Crippen LogP contribution >= 0.6 is 0 Å². The minimum Gasteiger partial charge on any atom is -0.469 e. The maximum Gasteiger partial charge on any atom is 0.305 e. The molecule has 0 aliphatic rings. The van der Waals surface area contributed by atoms with Gasteiger partial charge in [0.05, 0.1) is 7.11 Å². The maximum absolute atomic E-state index is 10.8. The van der Waals surface area contributed by atoms with Crippen molar-refractivity contribution < 1.29 is 9.53 Å². The van der Waals surface area contributed by atoms with E-state index in [1.54, 1.807) is 0 Å². The van der Waals surface area contributed by atoms with E-state index in [2.05, 4.69) is 23.5 Å². The highest BCUT2D eigenvalue weighted by molar-refractivity contribution is 5.69. The first-order valence-electron chi connectivity index (χ1n) is 7.83. The average Bonchev–Trinajstić information content (AvgIpc) is 2.43. The van der Waals surface area contributed by atoms with Crippen molar-refractivity contribution in [1.29, 1.82) is 0 Å². The van der Waals surface area contributed by atoms with Crippen molar-refractivity contribution in [2.75, 3.05) is 7.11 Å². The lowest BCUT2D eigenvalue weighted by Crippen LogP contribution is -1.98. The van der Waals surface area contributed by atoms with Gasteiger partial charge in [-0.2, -0.15) is 0 Å². The molecule has 0 spiro atoms. The van der Waals surface area contributed by atoms with Crippen LogP contribution in [0.4, 0.5) is 0 Å². The Morgan fingerprint density at radius 2 is 1.37 bits per heavy atom. The highest BCUT2D eigenvalue weighted by Crippen LogP contribution is 2.09. The molecule has 0 aliphatic heterocycles. The molecule has 0 radical (unpaired) electrons. The van der Waals surface area contributed by atoms with Crippen LogP contribution in [0.5, 0.6) is 0 Å². The van der Waals surface area contributed by atoms with E-state index in [1.807, 2.05) is 0 Å². The molecule has 0 saturated carbocycles. The summed E-state index contributed by atoms with van der Waals surface area (Å²) in [5, 5.41) is 0. The van der Waals surface area contributed by atoms with Crippen LogP contribution < -0.4 is 0 Å².